The molecule has 22 heavy (non-hydrogen) atoms. The smallest absolute Gasteiger partial charge is 0.269 e. The first kappa shape index (κ1) is 15.4. The van der Waals surface area contributed by atoms with E-state index in [9.17, 15) is 18.5 Å². The van der Waals surface area contributed by atoms with Crippen LogP contribution >= 0.6 is 0 Å². The first-order valence-corrected chi connectivity index (χ1v) is 8.84. The summed E-state index contributed by atoms with van der Waals surface area (Å²) in [6.45, 7) is 3.10. The minimum Gasteiger partial charge on any atom is -0.315 e. The second-order valence-electron chi connectivity index (χ2n) is 5.92. The molecule has 1 aromatic carbocycles. The maximum atomic E-state index is 13.0. The predicted molar refractivity (Wildman–Crippen MR) is 81.2 cm³/mol. The fourth-order valence-electron chi connectivity index (χ4n) is 3.48. The molecule has 0 spiro atoms. The van der Waals surface area contributed by atoms with Gasteiger partial charge in [-0.3, -0.25) is 10.1 Å². The van der Waals surface area contributed by atoms with E-state index in [4.69, 9.17) is 0 Å². The van der Waals surface area contributed by atoms with Gasteiger partial charge in [0.2, 0.25) is 10.0 Å². The molecule has 7 nitrogen and oxygen atoms in total. The standard InChI is InChI=1S/C14H19N3O4S/c1-10-8-12(17(18)19)4-5-14(10)22(20,21)16-11-2-3-13(16)9-15-7-6-11/h4-5,8,11,13,15H,2-3,6-7,9H2,1H3. The van der Waals surface area contributed by atoms with Crippen molar-refractivity contribution >= 4 is 15.7 Å². The Morgan fingerprint density at radius 1 is 1.27 bits per heavy atom. The Labute approximate surface area is 129 Å². The van der Waals surface area contributed by atoms with Gasteiger partial charge in [-0.15, -0.1) is 0 Å². The normalized spacial score (nSPS) is 25.9. The summed E-state index contributed by atoms with van der Waals surface area (Å²) >= 11 is 0. The molecule has 1 aromatic rings. The summed E-state index contributed by atoms with van der Waals surface area (Å²) < 4.78 is 27.7. The Balaban J connectivity index is 2.01. The number of nitrogens with zero attached hydrogens (tertiary/aromatic N) is 2. The van der Waals surface area contributed by atoms with E-state index in [-0.39, 0.29) is 22.7 Å². The van der Waals surface area contributed by atoms with Crippen LogP contribution in [0.5, 0.6) is 0 Å². The molecular formula is C14H19N3O4S. The van der Waals surface area contributed by atoms with Gasteiger partial charge < -0.3 is 5.32 Å². The van der Waals surface area contributed by atoms with Gasteiger partial charge in [-0.25, -0.2) is 8.42 Å². The predicted octanol–water partition coefficient (Wildman–Crippen LogP) is 1.42. The third-order valence-corrected chi connectivity index (χ3v) is 6.68. The largest absolute Gasteiger partial charge is 0.315 e. The third kappa shape index (κ3) is 2.51. The number of non-ortho nitro benzene ring substituents is 1. The van der Waals surface area contributed by atoms with Crippen molar-refractivity contribution < 1.29 is 13.3 Å². The molecule has 0 aliphatic carbocycles. The van der Waals surface area contributed by atoms with Gasteiger partial charge in [0.1, 0.15) is 0 Å². The maximum absolute atomic E-state index is 13.0. The van der Waals surface area contributed by atoms with Gasteiger partial charge in [0.25, 0.3) is 5.69 Å². The van der Waals surface area contributed by atoms with Crippen LogP contribution in [0.2, 0.25) is 0 Å². The van der Waals surface area contributed by atoms with E-state index in [1.807, 2.05) is 0 Å². The first-order chi connectivity index (χ1) is 10.4. The second-order valence-corrected chi connectivity index (χ2v) is 7.73. The van der Waals surface area contributed by atoms with E-state index in [0.717, 1.165) is 25.8 Å². The van der Waals surface area contributed by atoms with Gasteiger partial charge in [0, 0.05) is 30.8 Å². The van der Waals surface area contributed by atoms with Crippen LogP contribution in [0.3, 0.4) is 0 Å². The van der Waals surface area contributed by atoms with Crippen LogP contribution in [0.25, 0.3) is 0 Å². The van der Waals surface area contributed by atoms with E-state index < -0.39 is 14.9 Å². The van der Waals surface area contributed by atoms with E-state index in [1.165, 1.54) is 18.2 Å². The molecule has 3 rings (SSSR count). The maximum Gasteiger partial charge on any atom is 0.269 e. The zero-order valence-electron chi connectivity index (χ0n) is 12.4. The summed E-state index contributed by atoms with van der Waals surface area (Å²) in [5.74, 6) is 0. The third-order valence-electron chi connectivity index (χ3n) is 4.51. The molecule has 2 atom stereocenters. The summed E-state index contributed by atoms with van der Waals surface area (Å²) in [5, 5.41) is 14.1. The SMILES string of the molecule is Cc1cc([N+](=O)[O-])ccc1S(=O)(=O)N1C2CCNCC1CC2. The summed E-state index contributed by atoms with van der Waals surface area (Å²) in [5.41, 5.74) is 0.336. The Morgan fingerprint density at radius 3 is 2.68 bits per heavy atom. The van der Waals surface area contributed by atoms with Crippen molar-refractivity contribution in [2.45, 2.75) is 43.2 Å². The number of benzene rings is 1. The second kappa shape index (κ2) is 5.60. The van der Waals surface area contributed by atoms with E-state index >= 15 is 0 Å². The van der Waals surface area contributed by atoms with Gasteiger partial charge in [-0.2, -0.15) is 4.31 Å². The van der Waals surface area contributed by atoms with E-state index in [2.05, 4.69) is 5.32 Å². The first-order valence-electron chi connectivity index (χ1n) is 7.40. The Morgan fingerprint density at radius 2 is 2.00 bits per heavy atom. The molecule has 0 saturated carbocycles. The number of hydrogen-bond acceptors (Lipinski definition) is 5. The molecule has 2 bridgehead atoms. The van der Waals surface area contributed by atoms with E-state index in [0.29, 0.717) is 12.1 Å². The average Bonchev–Trinajstić information content (AvgIpc) is 2.72. The lowest BCUT2D eigenvalue weighted by Gasteiger charge is -2.27. The summed E-state index contributed by atoms with van der Waals surface area (Å²) in [7, 11) is -3.62. The topological polar surface area (TPSA) is 92.5 Å². The number of hydrogen-bond donors (Lipinski definition) is 1. The van der Waals surface area contributed by atoms with Gasteiger partial charge in [-0.1, -0.05) is 0 Å². The zero-order chi connectivity index (χ0) is 15.9. The van der Waals surface area contributed by atoms with Crippen molar-refractivity contribution in [2.75, 3.05) is 13.1 Å². The van der Waals surface area contributed by atoms with Gasteiger partial charge in [-0.05, 0) is 44.4 Å². The fraction of sp³-hybridized carbons (Fsp3) is 0.571. The molecule has 2 aliphatic rings. The molecule has 120 valence electrons. The van der Waals surface area contributed by atoms with Crippen molar-refractivity contribution in [1.29, 1.82) is 0 Å². The highest BCUT2D eigenvalue weighted by molar-refractivity contribution is 7.89. The molecule has 1 N–H and O–H groups in total. The molecule has 2 heterocycles. The van der Waals surface area contributed by atoms with Gasteiger partial charge >= 0.3 is 0 Å². The molecule has 0 aromatic heterocycles. The number of aryl methyl sites for hydroxylation is 1. The van der Waals surface area contributed by atoms with Crippen LogP contribution in [-0.2, 0) is 10.0 Å². The lowest BCUT2D eigenvalue weighted by molar-refractivity contribution is -0.385. The molecule has 0 radical (unpaired) electrons. The van der Waals surface area contributed by atoms with Crippen LogP contribution in [0.1, 0.15) is 24.8 Å². The highest BCUT2D eigenvalue weighted by Crippen LogP contribution is 2.35. The van der Waals surface area contributed by atoms with Crippen LogP contribution in [0, 0.1) is 17.0 Å². The Hall–Kier alpha value is -1.51. The van der Waals surface area contributed by atoms with Crippen molar-refractivity contribution in [3.05, 3.63) is 33.9 Å². The van der Waals surface area contributed by atoms with Crippen LogP contribution < -0.4 is 5.32 Å². The molecule has 2 aliphatic heterocycles. The van der Waals surface area contributed by atoms with Crippen molar-refractivity contribution in [2.24, 2.45) is 0 Å². The van der Waals surface area contributed by atoms with Crippen molar-refractivity contribution in [3.8, 4) is 0 Å². The highest BCUT2D eigenvalue weighted by Gasteiger charge is 2.43. The monoisotopic (exact) mass is 325 g/mol. The number of nitro groups is 1. The lowest BCUT2D eigenvalue weighted by Crippen LogP contribution is -2.42. The molecule has 2 fully saturated rings. The van der Waals surface area contributed by atoms with Crippen LogP contribution in [-0.4, -0.2) is 42.8 Å². The zero-order valence-corrected chi connectivity index (χ0v) is 13.2. The number of rotatable bonds is 3. The van der Waals surface area contributed by atoms with E-state index in [1.54, 1.807) is 11.2 Å². The molecular weight excluding hydrogens is 306 g/mol. The Kier molecular flexibility index (Phi) is 3.92. The molecule has 8 heteroatoms. The molecule has 2 saturated heterocycles. The summed E-state index contributed by atoms with van der Waals surface area (Å²) in [6, 6.07) is 3.95. The minimum atomic E-state index is -3.62. The number of nitrogens with one attached hydrogen (secondary N) is 1. The summed E-state index contributed by atoms with van der Waals surface area (Å²) in [6.07, 6.45) is 2.56. The average molecular weight is 325 g/mol. The van der Waals surface area contributed by atoms with Crippen LogP contribution in [0.15, 0.2) is 23.1 Å². The lowest BCUT2D eigenvalue weighted by atomic mass is 10.1. The molecule has 2 unspecified atom stereocenters. The Bertz CT molecular complexity index is 690. The highest BCUT2D eigenvalue weighted by atomic mass is 32.2. The minimum absolute atomic E-state index is 0.0212. The van der Waals surface area contributed by atoms with Crippen molar-refractivity contribution in [3.63, 3.8) is 0 Å². The quantitative estimate of drug-likeness (QED) is 0.670. The fourth-order valence-corrected chi connectivity index (χ4v) is 5.59. The van der Waals surface area contributed by atoms with Gasteiger partial charge in [0.15, 0.2) is 0 Å². The van der Waals surface area contributed by atoms with Crippen molar-refractivity contribution in [1.82, 2.24) is 9.62 Å². The number of nitro benzene ring substituents is 1. The van der Waals surface area contributed by atoms with Crippen LogP contribution in [0.4, 0.5) is 5.69 Å². The number of sulfonamides is 1. The molecule has 0 amide bonds. The number of fused-ring (bicyclic) bond motifs is 2. The van der Waals surface area contributed by atoms with Gasteiger partial charge in [0.05, 0.1) is 9.82 Å². The summed E-state index contributed by atoms with van der Waals surface area (Å²) in [4.78, 5) is 10.5.